The quantitative estimate of drug-likeness (QED) is 0.206. The number of pyridine rings is 1. The Hall–Kier alpha value is -3.88. The number of hydrogen-bond donors (Lipinski definition) is 0. The molecule has 3 aromatic heterocycles. The van der Waals surface area contributed by atoms with Crippen LogP contribution in [0.1, 0.15) is 94.7 Å². The highest BCUT2D eigenvalue weighted by molar-refractivity contribution is 5.95. The maximum atomic E-state index is 14.4. The zero-order valence-electron chi connectivity index (χ0n) is 24.9. The molecule has 1 aromatic carbocycles. The van der Waals surface area contributed by atoms with Crippen LogP contribution in [0.3, 0.4) is 0 Å². The zero-order chi connectivity index (χ0) is 29.6. The number of aromatic nitrogens is 5. The molecule has 9 heteroatoms. The molecule has 3 heterocycles. The molecule has 0 radical (unpaired) electrons. The van der Waals surface area contributed by atoms with Gasteiger partial charge in [0.05, 0.1) is 18.1 Å². The van der Waals surface area contributed by atoms with Gasteiger partial charge in [0, 0.05) is 47.9 Å². The van der Waals surface area contributed by atoms with Crippen LogP contribution in [0, 0.1) is 10.8 Å². The molecule has 226 valence electrons. The summed E-state index contributed by atoms with van der Waals surface area (Å²) < 4.78 is 22.1. The molecule has 4 aromatic rings. The largest absolute Gasteiger partial charge is 0.339 e. The summed E-state index contributed by atoms with van der Waals surface area (Å²) in [6, 6.07) is 12.1. The van der Waals surface area contributed by atoms with E-state index < -0.39 is 5.67 Å². The molecular weight excluding hydrogens is 555 g/mol. The van der Waals surface area contributed by atoms with Gasteiger partial charge in [-0.25, -0.2) is 9.07 Å². The van der Waals surface area contributed by atoms with E-state index in [1.54, 1.807) is 12.4 Å². The monoisotopic (exact) mass is 592 g/mol. The van der Waals surface area contributed by atoms with E-state index in [0.717, 1.165) is 72.7 Å². The molecule has 7 aliphatic carbocycles. The lowest BCUT2D eigenvalue weighted by Gasteiger charge is -2.66. The molecule has 0 saturated heterocycles. The summed E-state index contributed by atoms with van der Waals surface area (Å²) in [6.45, 7) is 0.689. The van der Waals surface area contributed by atoms with E-state index in [2.05, 4.69) is 33.4 Å². The first-order valence-electron chi connectivity index (χ1n) is 16.2. The first kappa shape index (κ1) is 26.5. The Labute approximate surface area is 256 Å². The van der Waals surface area contributed by atoms with E-state index in [0.29, 0.717) is 38.1 Å². The number of halogens is 1. The minimum atomic E-state index is -1.01. The van der Waals surface area contributed by atoms with E-state index in [9.17, 15) is 9.18 Å². The average Bonchev–Trinajstić information content (AvgIpc) is 3.53. The van der Waals surface area contributed by atoms with Crippen molar-refractivity contribution in [1.29, 1.82) is 0 Å². The van der Waals surface area contributed by atoms with Gasteiger partial charge < -0.3 is 9.42 Å². The highest BCUT2D eigenvalue weighted by Crippen LogP contribution is 2.71. The van der Waals surface area contributed by atoms with Crippen molar-refractivity contribution in [2.75, 3.05) is 11.4 Å². The first-order valence-corrected chi connectivity index (χ1v) is 16.2. The fraction of sp³-hybridized carbons (Fsp3) is 0.514. The van der Waals surface area contributed by atoms with Crippen LogP contribution in [-0.2, 0) is 10.2 Å². The third-order valence-corrected chi connectivity index (χ3v) is 11.6. The number of carbonyl (C=O) groups excluding carboxylic acids is 1. The molecule has 1 amide bonds. The summed E-state index contributed by atoms with van der Waals surface area (Å²) in [7, 11) is 0. The topological polar surface area (TPSA) is 89.9 Å². The molecule has 44 heavy (non-hydrogen) atoms. The molecule has 4 bridgehead atoms. The number of alkyl halides is 1. The van der Waals surface area contributed by atoms with E-state index >= 15 is 0 Å². The third-order valence-electron chi connectivity index (χ3n) is 11.6. The van der Waals surface area contributed by atoms with Crippen LogP contribution >= 0.6 is 0 Å². The van der Waals surface area contributed by atoms with E-state index in [1.807, 2.05) is 40.2 Å². The second-order valence-corrected chi connectivity index (χ2v) is 14.8. The Morgan fingerprint density at radius 3 is 2.48 bits per heavy atom. The van der Waals surface area contributed by atoms with Gasteiger partial charge in [0.25, 0.3) is 0 Å². The van der Waals surface area contributed by atoms with E-state index in [-0.39, 0.29) is 22.2 Å². The highest BCUT2D eigenvalue weighted by Gasteiger charge is 2.69. The van der Waals surface area contributed by atoms with Gasteiger partial charge in [-0.1, -0.05) is 17.3 Å². The maximum Gasteiger partial charge on any atom is 0.232 e. The smallest absolute Gasteiger partial charge is 0.232 e. The van der Waals surface area contributed by atoms with Crippen LogP contribution in [0.5, 0.6) is 0 Å². The van der Waals surface area contributed by atoms with Crippen molar-refractivity contribution < 1.29 is 13.7 Å². The van der Waals surface area contributed by atoms with Crippen LogP contribution in [0.25, 0.3) is 16.8 Å². The normalized spacial score (nSPS) is 31.8. The molecule has 0 atom stereocenters. The SMILES string of the molecule is O=C(CC12CC(F)(C1)C2)N(CC12CCC(c3nc(C4CC4)no3)(CC1)CC2)c1cccc(-c2cnn(-c3cccnc3)c2)c1. The predicted molar refractivity (Wildman–Crippen MR) is 162 cm³/mol. The number of benzene rings is 1. The van der Waals surface area contributed by atoms with Gasteiger partial charge in [-0.2, -0.15) is 10.1 Å². The molecule has 0 spiro atoms. The third kappa shape index (κ3) is 4.33. The first-order chi connectivity index (χ1) is 21.3. The fourth-order valence-corrected chi connectivity index (χ4v) is 8.86. The number of hydrogen-bond acceptors (Lipinski definition) is 6. The minimum absolute atomic E-state index is 0.0215. The fourth-order valence-electron chi connectivity index (χ4n) is 8.86. The van der Waals surface area contributed by atoms with Crippen molar-refractivity contribution in [3.8, 4) is 16.8 Å². The van der Waals surface area contributed by atoms with Gasteiger partial charge in [-0.15, -0.1) is 0 Å². The number of carbonyl (C=O) groups is 1. The molecule has 7 fully saturated rings. The van der Waals surface area contributed by atoms with Crippen LogP contribution < -0.4 is 4.90 Å². The second kappa shape index (κ2) is 9.31. The Morgan fingerprint density at radius 2 is 1.77 bits per heavy atom. The van der Waals surface area contributed by atoms with Crippen molar-refractivity contribution in [2.24, 2.45) is 10.8 Å². The van der Waals surface area contributed by atoms with Crippen molar-refractivity contribution in [3.05, 3.63) is 72.9 Å². The van der Waals surface area contributed by atoms with Crippen molar-refractivity contribution in [3.63, 3.8) is 0 Å². The number of fused-ring (bicyclic) bond motifs is 3. The van der Waals surface area contributed by atoms with Crippen LogP contribution in [0.4, 0.5) is 10.1 Å². The van der Waals surface area contributed by atoms with E-state index in [4.69, 9.17) is 9.51 Å². The molecule has 7 aliphatic rings. The molecule has 0 unspecified atom stereocenters. The highest BCUT2D eigenvalue weighted by atomic mass is 19.1. The van der Waals surface area contributed by atoms with Crippen molar-refractivity contribution in [1.82, 2.24) is 24.9 Å². The molecule has 8 nitrogen and oxygen atoms in total. The summed E-state index contributed by atoms with van der Waals surface area (Å²) in [5.74, 6) is 2.34. The summed E-state index contributed by atoms with van der Waals surface area (Å²) >= 11 is 0. The molecule has 7 saturated carbocycles. The van der Waals surface area contributed by atoms with Crippen molar-refractivity contribution in [2.45, 2.75) is 94.1 Å². The molecule has 0 aliphatic heterocycles. The van der Waals surface area contributed by atoms with Gasteiger partial charge in [0.2, 0.25) is 11.8 Å². The molecular formula is C35H37FN6O2. The number of nitrogens with zero attached hydrogens (tertiary/aromatic N) is 6. The number of rotatable bonds is 9. The summed E-state index contributed by atoms with van der Waals surface area (Å²) in [5.41, 5.74) is 2.67. The molecule has 11 rings (SSSR count). The van der Waals surface area contributed by atoms with E-state index in [1.165, 1.54) is 12.8 Å². The van der Waals surface area contributed by atoms with Gasteiger partial charge in [-0.05, 0) is 111 Å². The van der Waals surface area contributed by atoms with Gasteiger partial charge in [-0.3, -0.25) is 9.78 Å². The van der Waals surface area contributed by atoms with Gasteiger partial charge >= 0.3 is 0 Å². The van der Waals surface area contributed by atoms with Crippen molar-refractivity contribution >= 4 is 11.6 Å². The van der Waals surface area contributed by atoms with Crippen LogP contribution in [0.15, 0.2) is 65.7 Å². The van der Waals surface area contributed by atoms with Crippen LogP contribution in [0.2, 0.25) is 0 Å². The van der Waals surface area contributed by atoms with Gasteiger partial charge in [0.1, 0.15) is 5.67 Å². The Bertz CT molecular complexity index is 1700. The molecule has 0 N–H and O–H groups in total. The number of amides is 1. The van der Waals surface area contributed by atoms with Crippen LogP contribution in [-0.4, -0.2) is 43.0 Å². The standard InChI is InChI=1S/C35H37FN6O2/c36-35-20-33(21-35,22-35)16-29(43)41(27-4-1-3-25(15-27)26-17-38-42(19-26)28-5-2-14-37-18-28)23-32-8-11-34(12-9-32,13-10-32)31-39-30(40-44-31)24-6-7-24/h1-5,14-15,17-19,24H,6-13,16,20-23H2. The summed E-state index contributed by atoms with van der Waals surface area (Å²) in [5, 5.41) is 8.89. The summed E-state index contributed by atoms with van der Waals surface area (Å²) in [6.07, 6.45) is 17.9. The maximum absolute atomic E-state index is 14.4. The summed E-state index contributed by atoms with van der Waals surface area (Å²) in [4.78, 5) is 25.3. The Morgan fingerprint density at radius 1 is 0.977 bits per heavy atom. The Balaban J connectivity index is 0.983. The minimum Gasteiger partial charge on any atom is -0.339 e. The Kier molecular flexibility index (Phi) is 5.61. The van der Waals surface area contributed by atoms with Gasteiger partial charge in [0.15, 0.2) is 5.82 Å². The second-order valence-electron chi connectivity index (χ2n) is 14.8. The number of anilines is 1. The lowest BCUT2D eigenvalue weighted by molar-refractivity contribution is -0.215. The average molecular weight is 593 g/mol. The lowest BCUT2D eigenvalue weighted by atomic mass is 9.41. The zero-order valence-corrected chi connectivity index (χ0v) is 24.9. The lowest BCUT2D eigenvalue weighted by Crippen LogP contribution is -2.65. The predicted octanol–water partition coefficient (Wildman–Crippen LogP) is 7.10.